The molecule has 100 valence electrons. The van der Waals surface area contributed by atoms with E-state index in [1.807, 2.05) is 30.3 Å². The average molecular weight is 260 g/mol. The Morgan fingerprint density at radius 1 is 1.37 bits per heavy atom. The van der Waals surface area contributed by atoms with Crippen LogP contribution in [0, 0.1) is 0 Å². The van der Waals surface area contributed by atoms with Crippen LogP contribution < -0.4 is 11.1 Å². The third-order valence-corrected chi connectivity index (χ3v) is 2.74. The van der Waals surface area contributed by atoms with E-state index in [2.05, 4.69) is 25.9 Å². The van der Waals surface area contributed by atoms with Gasteiger partial charge < -0.3 is 11.1 Å². The first-order valence-corrected chi connectivity index (χ1v) is 6.05. The van der Waals surface area contributed by atoms with Crippen molar-refractivity contribution in [3.05, 3.63) is 41.7 Å². The van der Waals surface area contributed by atoms with Crippen LogP contribution in [0.4, 0.5) is 0 Å². The Morgan fingerprint density at radius 3 is 2.84 bits per heavy atom. The van der Waals surface area contributed by atoms with Crippen molar-refractivity contribution in [1.82, 2.24) is 25.9 Å². The van der Waals surface area contributed by atoms with Crippen LogP contribution in [-0.2, 0) is 11.3 Å². The van der Waals surface area contributed by atoms with Crippen LogP contribution in [0.2, 0.25) is 0 Å². The Kier molecular flexibility index (Phi) is 4.57. The summed E-state index contributed by atoms with van der Waals surface area (Å²) in [5.41, 5.74) is 7.05. The summed E-state index contributed by atoms with van der Waals surface area (Å²) in [7, 11) is 0. The van der Waals surface area contributed by atoms with Crippen LogP contribution in [0.15, 0.2) is 30.3 Å². The molecule has 0 saturated carbocycles. The average Bonchev–Trinajstić information content (AvgIpc) is 2.96. The van der Waals surface area contributed by atoms with E-state index in [-0.39, 0.29) is 18.5 Å². The normalized spacial score (nSPS) is 12.1. The zero-order valence-corrected chi connectivity index (χ0v) is 10.4. The number of nitrogens with two attached hydrogens (primary N) is 1. The fourth-order valence-corrected chi connectivity index (χ4v) is 1.68. The lowest BCUT2D eigenvalue weighted by Crippen LogP contribution is -2.24. The number of amides is 1. The molecule has 0 aliphatic heterocycles. The lowest BCUT2D eigenvalue weighted by molar-refractivity contribution is -0.121. The van der Waals surface area contributed by atoms with E-state index in [1.165, 1.54) is 0 Å². The van der Waals surface area contributed by atoms with E-state index in [9.17, 15) is 4.79 Å². The van der Waals surface area contributed by atoms with Crippen molar-refractivity contribution in [2.24, 2.45) is 5.73 Å². The number of carbonyl (C=O) groups is 1. The van der Waals surface area contributed by atoms with Crippen LogP contribution in [0.3, 0.4) is 0 Å². The molecule has 7 nitrogen and oxygen atoms in total. The highest BCUT2D eigenvalue weighted by Crippen LogP contribution is 2.14. The fourth-order valence-electron chi connectivity index (χ4n) is 1.68. The van der Waals surface area contributed by atoms with Crippen LogP contribution in [0.25, 0.3) is 0 Å². The van der Waals surface area contributed by atoms with E-state index in [4.69, 9.17) is 5.73 Å². The summed E-state index contributed by atoms with van der Waals surface area (Å²) in [6.07, 6.45) is 0.968. The second kappa shape index (κ2) is 6.60. The van der Waals surface area contributed by atoms with Gasteiger partial charge in [-0.25, -0.2) is 0 Å². The molecule has 1 aromatic carbocycles. The third-order valence-electron chi connectivity index (χ3n) is 2.74. The maximum Gasteiger partial charge on any atom is 0.220 e. The molecule has 1 amide bonds. The van der Waals surface area contributed by atoms with Gasteiger partial charge in [-0.1, -0.05) is 35.5 Å². The predicted molar refractivity (Wildman–Crippen MR) is 68.6 cm³/mol. The van der Waals surface area contributed by atoms with Crippen molar-refractivity contribution in [1.29, 1.82) is 0 Å². The number of hydrogen-bond acceptors (Lipinski definition) is 5. The van der Waals surface area contributed by atoms with Gasteiger partial charge in [-0.2, -0.15) is 5.21 Å². The second-order valence-corrected chi connectivity index (χ2v) is 4.16. The van der Waals surface area contributed by atoms with Gasteiger partial charge >= 0.3 is 0 Å². The molecule has 0 saturated heterocycles. The second-order valence-electron chi connectivity index (χ2n) is 4.16. The summed E-state index contributed by atoms with van der Waals surface area (Å²) >= 11 is 0. The maximum atomic E-state index is 11.6. The highest BCUT2D eigenvalue weighted by Gasteiger charge is 2.09. The molecule has 0 spiro atoms. The lowest BCUT2D eigenvalue weighted by Gasteiger charge is -2.11. The molecule has 0 fully saturated rings. The number of tetrazole rings is 1. The molecule has 19 heavy (non-hydrogen) atoms. The Morgan fingerprint density at radius 2 is 2.16 bits per heavy atom. The minimum atomic E-state index is -0.128. The largest absolute Gasteiger partial charge is 0.349 e. The van der Waals surface area contributed by atoms with Gasteiger partial charge in [0.15, 0.2) is 5.82 Å². The number of hydrogen-bond donors (Lipinski definition) is 3. The summed E-state index contributed by atoms with van der Waals surface area (Å²) in [5, 5.41) is 15.9. The van der Waals surface area contributed by atoms with Crippen molar-refractivity contribution in [2.45, 2.75) is 25.4 Å². The summed E-state index contributed by atoms with van der Waals surface area (Å²) in [4.78, 5) is 11.6. The number of nitrogens with one attached hydrogen (secondary N) is 2. The van der Waals surface area contributed by atoms with Crippen molar-refractivity contribution < 1.29 is 4.79 Å². The molecule has 2 aromatic rings. The number of carbonyl (C=O) groups excluding carboxylic acids is 1. The predicted octanol–water partition coefficient (Wildman–Crippen LogP) is 0.296. The fraction of sp³-hybridized carbons (Fsp3) is 0.333. The van der Waals surface area contributed by atoms with Crippen molar-refractivity contribution >= 4 is 5.91 Å². The number of benzene rings is 1. The number of H-pyrrole nitrogens is 1. The monoisotopic (exact) mass is 260 g/mol. The molecule has 7 heteroatoms. The van der Waals surface area contributed by atoms with Crippen LogP contribution in [-0.4, -0.2) is 26.5 Å². The molecule has 0 aliphatic rings. The summed E-state index contributed by atoms with van der Waals surface area (Å²) in [5.74, 6) is 0.386. The van der Waals surface area contributed by atoms with Gasteiger partial charge in [-0.15, -0.1) is 10.2 Å². The SMILES string of the molecule is NC(CCC(=O)NCc1nn[nH]n1)c1ccccc1. The minimum Gasteiger partial charge on any atom is -0.349 e. The number of nitrogens with zero attached hydrogens (tertiary/aromatic N) is 3. The molecule has 0 radical (unpaired) electrons. The van der Waals surface area contributed by atoms with Crippen molar-refractivity contribution in [3.63, 3.8) is 0 Å². The first-order chi connectivity index (χ1) is 9.25. The van der Waals surface area contributed by atoms with Crippen LogP contribution in [0.1, 0.15) is 30.3 Å². The molecule has 1 heterocycles. The van der Waals surface area contributed by atoms with E-state index in [0.717, 1.165) is 5.56 Å². The first kappa shape index (κ1) is 13.2. The van der Waals surface area contributed by atoms with Crippen LogP contribution >= 0.6 is 0 Å². The molecule has 0 aliphatic carbocycles. The van der Waals surface area contributed by atoms with Gasteiger partial charge in [-0.05, 0) is 12.0 Å². The van der Waals surface area contributed by atoms with E-state index >= 15 is 0 Å². The first-order valence-electron chi connectivity index (χ1n) is 6.05. The zero-order chi connectivity index (χ0) is 13.5. The lowest BCUT2D eigenvalue weighted by atomic mass is 10.0. The highest BCUT2D eigenvalue weighted by molar-refractivity contribution is 5.75. The van der Waals surface area contributed by atoms with Gasteiger partial charge in [0.1, 0.15) is 0 Å². The Labute approximate surface area is 110 Å². The van der Waals surface area contributed by atoms with Gasteiger partial charge in [0, 0.05) is 12.5 Å². The molecule has 4 N–H and O–H groups in total. The molecule has 0 bridgehead atoms. The van der Waals surface area contributed by atoms with E-state index < -0.39 is 0 Å². The smallest absolute Gasteiger partial charge is 0.220 e. The number of rotatable bonds is 6. The number of aromatic amines is 1. The maximum absolute atomic E-state index is 11.6. The molecule has 1 atom stereocenters. The Bertz CT molecular complexity index is 498. The molecule has 1 aromatic heterocycles. The molecular weight excluding hydrogens is 244 g/mol. The van der Waals surface area contributed by atoms with Gasteiger partial charge in [0.05, 0.1) is 6.54 Å². The summed E-state index contributed by atoms with van der Waals surface area (Å²) in [6.45, 7) is 0.274. The van der Waals surface area contributed by atoms with Gasteiger partial charge in [-0.3, -0.25) is 4.79 Å². The molecular formula is C12H16N6O. The Hall–Kier alpha value is -2.28. The summed E-state index contributed by atoms with van der Waals surface area (Å²) < 4.78 is 0. The van der Waals surface area contributed by atoms with E-state index in [0.29, 0.717) is 18.7 Å². The van der Waals surface area contributed by atoms with Crippen LogP contribution in [0.5, 0.6) is 0 Å². The van der Waals surface area contributed by atoms with Crippen molar-refractivity contribution in [2.75, 3.05) is 0 Å². The third kappa shape index (κ3) is 4.14. The standard InChI is InChI=1S/C12H16N6O/c13-10(9-4-2-1-3-5-9)6-7-12(19)14-8-11-15-17-18-16-11/h1-5,10H,6-8,13H2,(H,14,19)(H,15,16,17,18). The van der Waals surface area contributed by atoms with Gasteiger partial charge in [0.2, 0.25) is 5.91 Å². The summed E-state index contributed by atoms with van der Waals surface area (Å²) in [6, 6.07) is 9.60. The quantitative estimate of drug-likeness (QED) is 0.691. The highest BCUT2D eigenvalue weighted by atomic mass is 16.1. The topological polar surface area (TPSA) is 110 Å². The zero-order valence-electron chi connectivity index (χ0n) is 10.4. The molecule has 1 unspecified atom stereocenters. The van der Waals surface area contributed by atoms with Gasteiger partial charge in [0.25, 0.3) is 0 Å². The molecule has 2 rings (SSSR count). The minimum absolute atomic E-state index is 0.0730. The van der Waals surface area contributed by atoms with E-state index in [1.54, 1.807) is 0 Å². The number of aromatic nitrogens is 4. The Balaban J connectivity index is 1.71. The van der Waals surface area contributed by atoms with Crippen molar-refractivity contribution in [3.8, 4) is 0 Å².